The molecule has 8 nitrogen and oxygen atoms in total. The minimum Gasteiger partial charge on any atom is -0.465 e. The molecule has 0 bridgehead atoms. The first-order chi connectivity index (χ1) is 13.1. The van der Waals surface area contributed by atoms with Crippen LogP contribution in [0.3, 0.4) is 0 Å². The first-order valence-electron chi connectivity index (χ1n) is 9.24. The third-order valence-electron chi connectivity index (χ3n) is 4.76. The fourth-order valence-electron chi connectivity index (χ4n) is 3.36. The minimum atomic E-state index is -0.571. The predicted molar refractivity (Wildman–Crippen MR) is 102 cm³/mol. The van der Waals surface area contributed by atoms with Crippen molar-refractivity contribution in [3.05, 3.63) is 21.9 Å². The highest BCUT2D eigenvalue weighted by Crippen LogP contribution is 2.35. The molecule has 2 aliphatic heterocycles. The second kappa shape index (κ2) is 7.62. The van der Waals surface area contributed by atoms with E-state index in [4.69, 9.17) is 14.2 Å². The highest BCUT2D eigenvalue weighted by atomic mass is 32.1. The Balaban J connectivity index is 1.57. The van der Waals surface area contributed by atoms with E-state index < -0.39 is 11.2 Å². The van der Waals surface area contributed by atoms with Crippen molar-refractivity contribution in [2.45, 2.75) is 51.4 Å². The number of likely N-dealkylation sites (tertiary alicyclic amines) is 1. The van der Waals surface area contributed by atoms with E-state index in [1.54, 1.807) is 15.9 Å². The molecule has 3 heterocycles. The summed E-state index contributed by atoms with van der Waals surface area (Å²) in [6.07, 6.45) is 0.453. The van der Waals surface area contributed by atoms with Crippen LogP contribution in [0.1, 0.15) is 48.2 Å². The summed E-state index contributed by atoms with van der Waals surface area (Å²) in [5.74, 6) is -0.383. The molecule has 0 aromatic carbocycles. The van der Waals surface area contributed by atoms with Gasteiger partial charge in [0.25, 0.3) is 0 Å². The van der Waals surface area contributed by atoms with E-state index in [-0.39, 0.29) is 18.2 Å². The van der Waals surface area contributed by atoms with Crippen molar-refractivity contribution in [3.63, 3.8) is 0 Å². The molecule has 0 unspecified atom stereocenters. The zero-order chi connectivity index (χ0) is 20.5. The van der Waals surface area contributed by atoms with E-state index in [9.17, 15) is 14.4 Å². The Kier molecular flexibility index (Phi) is 5.56. The lowest BCUT2D eigenvalue weighted by atomic mass is 9.91. The van der Waals surface area contributed by atoms with Crippen LogP contribution >= 0.6 is 11.3 Å². The summed E-state index contributed by atoms with van der Waals surface area (Å²) in [6.45, 7) is 7.34. The van der Waals surface area contributed by atoms with Crippen LogP contribution in [0, 0.1) is 0 Å². The molecule has 0 saturated carbocycles. The SMILES string of the molecule is COC(=O)c1ccc(CN2CC3(CCN(C(=O)OC(C)(C)C)CC3)OC2=O)s1. The molecule has 9 heteroatoms. The molecule has 154 valence electrons. The van der Waals surface area contributed by atoms with Crippen molar-refractivity contribution in [2.75, 3.05) is 26.7 Å². The molecule has 1 aromatic rings. The molecule has 28 heavy (non-hydrogen) atoms. The number of esters is 1. The van der Waals surface area contributed by atoms with Gasteiger partial charge in [-0.2, -0.15) is 0 Å². The quantitative estimate of drug-likeness (QED) is 0.562. The van der Waals surface area contributed by atoms with Crippen LogP contribution in [0.5, 0.6) is 0 Å². The van der Waals surface area contributed by atoms with Gasteiger partial charge >= 0.3 is 18.2 Å². The van der Waals surface area contributed by atoms with Crippen LogP contribution in [-0.4, -0.2) is 65.9 Å². The Hall–Kier alpha value is -2.29. The smallest absolute Gasteiger partial charge is 0.410 e. The summed E-state index contributed by atoms with van der Waals surface area (Å²) in [5, 5.41) is 0. The second-order valence-corrected chi connectivity index (χ2v) is 9.30. The number of thiophene rings is 1. The maximum absolute atomic E-state index is 12.4. The third kappa shape index (κ3) is 4.57. The number of carbonyl (C=O) groups is 3. The lowest BCUT2D eigenvalue weighted by molar-refractivity contribution is -0.0170. The number of hydrogen-bond donors (Lipinski definition) is 0. The summed E-state index contributed by atoms with van der Waals surface area (Å²) in [7, 11) is 1.34. The Morgan fingerprint density at radius 2 is 1.93 bits per heavy atom. The average Bonchev–Trinajstić information content (AvgIpc) is 3.19. The van der Waals surface area contributed by atoms with Gasteiger partial charge in [0.15, 0.2) is 0 Å². The fraction of sp³-hybridized carbons (Fsp3) is 0.632. The van der Waals surface area contributed by atoms with Crippen LogP contribution in [-0.2, 0) is 20.8 Å². The maximum Gasteiger partial charge on any atom is 0.410 e. The molecular weight excluding hydrogens is 384 g/mol. The number of nitrogens with zero attached hydrogens (tertiary/aromatic N) is 2. The lowest BCUT2D eigenvalue weighted by Crippen LogP contribution is -2.49. The molecule has 0 atom stereocenters. The summed E-state index contributed by atoms with van der Waals surface area (Å²) in [5.41, 5.74) is -1.11. The van der Waals surface area contributed by atoms with Crippen LogP contribution in [0.2, 0.25) is 0 Å². The molecular formula is C19H26N2O6S. The van der Waals surface area contributed by atoms with Gasteiger partial charge in [0, 0.05) is 30.8 Å². The van der Waals surface area contributed by atoms with Gasteiger partial charge in [-0.1, -0.05) is 0 Å². The van der Waals surface area contributed by atoms with Crippen LogP contribution in [0.25, 0.3) is 0 Å². The van der Waals surface area contributed by atoms with Crippen molar-refractivity contribution in [1.29, 1.82) is 0 Å². The van der Waals surface area contributed by atoms with Crippen LogP contribution < -0.4 is 0 Å². The standard InChI is InChI=1S/C19H26N2O6S/c1-18(2,3)26-16(23)20-9-7-19(8-10-20)12-21(17(24)27-19)11-13-5-6-14(28-13)15(22)25-4/h5-6H,7-12H2,1-4H3. The maximum atomic E-state index is 12.4. The predicted octanol–water partition coefficient (Wildman–Crippen LogP) is 3.26. The highest BCUT2D eigenvalue weighted by Gasteiger charge is 2.47. The Bertz CT molecular complexity index is 761. The van der Waals surface area contributed by atoms with Gasteiger partial charge in [-0.15, -0.1) is 11.3 Å². The van der Waals surface area contributed by atoms with Crippen molar-refractivity contribution in [1.82, 2.24) is 9.80 Å². The molecule has 0 radical (unpaired) electrons. The summed E-state index contributed by atoms with van der Waals surface area (Å²) in [4.78, 5) is 40.9. The molecule has 2 aliphatic rings. The molecule has 2 saturated heterocycles. The number of methoxy groups -OCH3 is 1. The fourth-order valence-corrected chi connectivity index (χ4v) is 4.30. The largest absolute Gasteiger partial charge is 0.465 e. The summed E-state index contributed by atoms with van der Waals surface area (Å²) >= 11 is 1.31. The lowest BCUT2D eigenvalue weighted by Gasteiger charge is -2.37. The van der Waals surface area contributed by atoms with Crippen molar-refractivity contribution in [2.24, 2.45) is 0 Å². The molecule has 1 spiro atoms. The van der Waals surface area contributed by atoms with Gasteiger partial charge in [-0.3, -0.25) is 4.90 Å². The number of rotatable bonds is 3. The molecule has 1 aromatic heterocycles. The van der Waals surface area contributed by atoms with Gasteiger partial charge < -0.3 is 19.1 Å². The topological polar surface area (TPSA) is 85.4 Å². The molecule has 3 rings (SSSR count). The monoisotopic (exact) mass is 410 g/mol. The van der Waals surface area contributed by atoms with Gasteiger partial charge in [-0.05, 0) is 32.9 Å². The van der Waals surface area contributed by atoms with Crippen molar-refractivity contribution >= 4 is 29.5 Å². The second-order valence-electron chi connectivity index (χ2n) is 8.13. The van der Waals surface area contributed by atoms with E-state index in [1.807, 2.05) is 26.8 Å². The Morgan fingerprint density at radius 1 is 1.25 bits per heavy atom. The molecule has 2 amide bonds. The summed E-state index contributed by atoms with van der Waals surface area (Å²) in [6, 6.07) is 3.52. The van der Waals surface area contributed by atoms with Gasteiger partial charge in [0.1, 0.15) is 16.1 Å². The first kappa shape index (κ1) is 20.4. The van der Waals surface area contributed by atoms with E-state index >= 15 is 0 Å². The number of carbonyl (C=O) groups excluding carboxylic acids is 3. The Labute approximate surface area is 168 Å². The summed E-state index contributed by atoms with van der Waals surface area (Å²) < 4.78 is 15.8. The molecule has 0 aliphatic carbocycles. The molecule has 0 N–H and O–H groups in total. The highest BCUT2D eigenvalue weighted by molar-refractivity contribution is 7.13. The third-order valence-corrected chi connectivity index (χ3v) is 5.81. The zero-order valence-corrected chi connectivity index (χ0v) is 17.5. The van der Waals surface area contributed by atoms with Crippen molar-refractivity contribution < 1.29 is 28.6 Å². The molecule has 2 fully saturated rings. The van der Waals surface area contributed by atoms with E-state index in [0.717, 1.165) is 4.88 Å². The number of amides is 2. The minimum absolute atomic E-state index is 0.336. The number of piperidine rings is 1. The average molecular weight is 410 g/mol. The van der Waals surface area contributed by atoms with Crippen LogP contribution in [0.15, 0.2) is 12.1 Å². The van der Waals surface area contributed by atoms with Crippen molar-refractivity contribution in [3.8, 4) is 0 Å². The van der Waals surface area contributed by atoms with E-state index in [1.165, 1.54) is 18.4 Å². The van der Waals surface area contributed by atoms with Crippen LogP contribution in [0.4, 0.5) is 9.59 Å². The Morgan fingerprint density at radius 3 is 2.54 bits per heavy atom. The number of ether oxygens (including phenoxy) is 3. The zero-order valence-electron chi connectivity index (χ0n) is 16.6. The van der Waals surface area contributed by atoms with E-state index in [2.05, 4.69) is 0 Å². The van der Waals surface area contributed by atoms with Gasteiger partial charge in [0.2, 0.25) is 0 Å². The first-order valence-corrected chi connectivity index (χ1v) is 10.1. The number of hydrogen-bond acceptors (Lipinski definition) is 7. The van der Waals surface area contributed by atoms with Gasteiger partial charge in [-0.25, -0.2) is 14.4 Å². The van der Waals surface area contributed by atoms with Gasteiger partial charge in [0.05, 0.1) is 20.2 Å². The normalized spacial score (nSPS) is 18.9. The van der Waals surface area contributed by atoms with E-state index in [0.29, 0.717) is 43.9 Å².